The van der Waals surface area contributed by atoms with Crippen LogP contribution in [-0.2, 0) is 28.2 Å². The number of nitrogens with one attached hydrogen (secondary N) is 2. The van der Waals surface area contributed by atoms with Crippen LogP contribution in [0, 0.1) is 0 Å². The number of rotatable bonds is 7. The van der Waals surface area contributed by atoms with E-state index in [1.807, 2.05) is 0 Å². The average molecular weight is 620 g/mol. The van der Waals surface area contributed by atoms with Crippen LogP contribution in [0.5, 0.6) is 0 Å². The van der Waals surface area contributed by atoms with Gasteiger partial charge in [-0.2, -0.15) is 18.2 Å². The first-order valence-corrected chi connectivity index (χ1v) is 15.0. The highest BCUT2D eigenvalue weighted by Gasteiger charge is 2.37. The van der Waals surface area contributed by atoms with E-state index in [1.165, 1.54) is 36.1 Å². The van der Waals surface area contributed by atoms with Crippen molar-refractivity contribution in [1.29, 1.82) is 0 Å². The van der Waals surface area contributed by atoms with Crippen molar-refractivity contribution in [2.75, 3.05) is 48.8 Å². The van der Waals surface area contributed by atoms with Crippen LogP contribution in [0.15, 0.2) is 42.6 Å². The van der Waals surface area contributed by atoms with Crippen molar-refractivity contribution in [3.63, 3.8) is 0 Å². The van der Waals surface area contributed by atoms with E-state index in [1.54, 1.807) is 24.1 Å². The van der Waals surface area contributed by atoms with Crippen molar-refractivity contribution in [2.45, 2.75) is 25.8 Å². The Labute approximate surface area is 244 Å². The highest BCUT2D eigenvalue weighted by Crippen LogP contribution is 2.41. The standard InChI is InChI=1S/C27H29F3N7O5P/c1-16(38)36-9-11-37(12-10-36)22-8-7-21(23-19(22)14-35(2)25(23)39)33-24-20(27(28,29)30)13-31-26(34-24)32-18-5-3-17(4-6-18)15-43(40,41)42/h3-8,13H,9-12,14-15H2,1-2H3,(H2,40,41,42)(H2,31,32,33,34). The molecular weight excluding hydrogens is 590 g/mol. The second-order valence-electron chi connectivity index (χ2n) is 10.4. The minimum atomic E-state index is -4.80. The SMILES string of the molecule is CC(=O)N1CCN(c2ccc(Nc3nc(Nc4ccc(CP(=O)(O)O)cc4)ncc3C(F)(F)F)c3c2CN(C)C3=O)CC1. The monoisotopic (exact) mass is 619 g/mol. The van der Waals surface area contributed by atoms with Gasteiger partial charge < -0.3 is 35.1 Å². The first-order valence-electron chi connectivity index (χ1n) is 13.2. The summed E-state index contributed by atoms with van der Waals surface area (Å²) in [4.78, 5) is 56.4. The van der Waals surface area contributed by atoms with Crippen molar-refractivity contribution in [3.8, 4) is 0 Å². The minimum Gasteiger partial charge on any atom is -0.368 e. The van der Waals surface area contributed by atoms with Gasteiger partial charge in [0.2, 0.25) is 11.9 Å². The summed E-state index contributed by atoms with van der Waals surface area (Å²) in [6, 6.07) is 9.24. The fraction of sp³-hybridized carbons (Fsp3) is 0.333. The largest absolute Gasteiger partial charge is 0.421 e. The van der Waals surface area contributed by atoms with Gasteiger partial charge in [0.15, 0.2) is 0 Å². The van der Waals surface area contributed by atoms with Gasteiger partial charge in [-0.25, -0.2) is 4.98 Å². The Morgan fingerprint density at radius 1 is 1.05 bits per heavy atom. The molecule has 0 saturated carbocycles. The molecule has 4 N–H and O–H groups in total. The van der Waals surface area contributed by atoms with Crippen molar-refractivity contribution in [2.24, 2.45) is 0 Å². The number of amides is 2. The Kier molecular flexibility index (Phi) is 8.07. The van der Waals surface area contributed by atoms with Crippen molar-refractivity contribution in [3.05, 3.63) is 64.8 Å². The molecule has 3 aromatic rings. The van der Waals surface area contributed by atoms with E-state index in [-0.39, 0.29) is 35.6 Å². The second kappa shape index (κ2) is 11.5. The number of halogens is 3. The fourth-order valence-electron chi connectivity index (χ4n) is 5.14. The zero-order chi connectivity index (χ0) is 31.1. The van der Waals surface area contributed by atoms with Crippen LogP contribution in [0.2, 0.25) is 0 Å². The molecule has 228 valence electrons. The minimum absolute atomic E-state index is 0.0181. The molecule has 0 aliphatic carbocycles. The maximum Gasteiger partial charge on any atom is 0.421 e. The molecule has 12 nitrogen and oxygen atoms in total. The van der Waals surface area contributed by atoms with Crippen LogP contribution in [0.4, 0.5) is 42.0 Å². The molecule has 1 saturated heterocycles. The van der Waals surface area contributed by atoms with Crippen LogP contribution < -0.4 is 15.5 Å². The van der Waals surface area contributed by atoms with E-state index in [0.717, 1.165) is 5.69 Å². The summed E-state index contributed by atoms with van der Waals surface area (Å²) in [7, 11) is -2.65. The molecule has 0 spiro atoms. The number of nitrogens with zero attached hydrogens (tertiary/aromatic N) is 5. The Bertz CT molecular complexity index is 1610. The topological polar surface area (TPSA) is 151 Å². The zero-order valence-corrected chi connectivity index (χ0v) is 24.1. The van der Waals surface area contributed by atoms with E-state index in [9.17, 15) is 27.3 Å². The van der Waals surface area contributed by atoms with Crippen molar-refractivity contribution in [1.82, 2.24) is 19.8 Å². The van der Waals surface area contributed by atoms with Crippen LogP contribution in [0.25, 0.3) is 0 Å². The van der Waals surface area contributed by atoms with Gasteiger partial charge in [0.1, 0.15) is 11.4 Å². The molecular formula is C27H29F3N7O5P. The lowest BCUT2D eigenvalue weighted by atomic mass is 10.0. The van der Waals surface area contributed by atoms with Gasteiger partial charge in [0.25, 0.3) is 5.91 Å². The molecule has 2 aliphatic heterocycles. The normalized spacial score (nSPS) is 15.5. The summed E-state index contributed by atoms with van der Waals surface area (Å²) in [5, 5.41) is 5.52. The molecule has 3 heterocycles. The van der Waals surface area contributed by atoms with Crippen LogP contribution >= 0.6 is 7.60 Å². The lowest BCUT2D eigenvalue weighted by molar-refractivity contribution is -0.137. The number of aromatic nitrogens is 2. The quantitative estimate of drug-likeness (QED) is 0.287. The third-order valence-corrected chi connectivity index (χ3v) is 8.03. The van der Waals surface area contributed by atoms with Crippen molar-refractivity contribution >= 4 is 48.2 Å². The number of carbonyl (C=O) groups is 2. The van der Waals surface area contributed by atoms with Gasteiger partial charge in [0, 0.05) is 69.8 Å². The molecule has 43 heavy (non-hydrogen) atoms. The molecule has 0 bridgehead atoms. The summed E-state index contributed by atoms with van der Waals surface area (Å²) < 4.78 is 53.2. The van der Waals surface area contributed by atoms with Crippen molar-refractivity contribution < 1.29 is 37.1 Å². The van der Waals surface area contributed by atoms with Crippen LogP contribution in [0.3, 0.4) is 0 Å². The van der Waals surface area contributed by atoms with Gasteiger partial charge in [0.05, 0.1) is 17.4 Å². The zero-order valence-electron chi connectivity index (χ0n) is 23.2. The third-order valence-electron chi connectivity index (χ3n) is 7.26. The number of benzene rings is 2. The van der Waals surface area contributed by atoms with E-state index in [4.69, 9.17) is 9.79 Å². The van der Waals surface area contributed by atoms with Gasteiger partial charge in [-0.1, -0.05) is 12.1 Å². The molecule has 2 aliphatic rings. The maximum absolute atomic E-state index is 14.0. The molecule has 5 rings (SSSR count). The smallest absolute Gasteiger partial charge is 0.368 e. The average Bonchev–Trinajstić information content (AvgIpc) is 3.23. The summed E-state index contributed by atoms with van der Waals surface area (Å²) in [6.07, 6.45) is -4.62. The first kappa shape index (κ1) is 30.3. The molecule has 0 unspecified atom stereocenters. The molecule has 1 aromatic heterocycles. The van der Waals surface area contributed by atoms with Crippen LogP contribution in [-0.4, -0.2) is 74.6 Å². The highest BCUT2D eigenvalue weighted by atomic mass is 31.2. The summed E-state index contributed by atoms with van der Waals surface area (Å²) >= 11 is 0. The first-order chi connectivity index (χ1) is 20.2. The fourth-order valence-corrected chi connectivity index (χ4v) is 5.82. The molecule has 0 atom stereocenters. The van der Waals surface area contributed by atoms with Crippen LogP contribution in [0.1, 0.15) is 34.0 Å². The third kappa shape index (κ3) is 6.74. The molecule has 1 fully saturated rings. The summed E-state index contributed by atoms with van der Waals surface area (Å²) in [6.45, 7) is 3.92. The summed E-state index contributed by atoms with van der Waals surface area (Å²) in [5.41, 5.74) is 1.49. The maximum atomic E-state index is 14.0. The lowest BCUT2D eigenvalue weighted by Crippen LogP contribution is -2.48. The molecule has 2 aromatic carbocycles. The Morgan fingerprint density at radius 3 is 2.33 bits per heavy atom. The Balaban J connectivity index is 1.45. The van der Waals surface area contributed by atoms with E-state index < -0.39 is 31.3 Å². The Morgan fingerprint density at radius 2 is 1.72 bits per heavy atom. The number of alkyl halides is 3. The van der Waals surface area contributed by atoms with E-state index in [0.29, 0.717) is 49.2 Å². The number of hydrogen-bond donors (Lipinski definition) is 4. The van der Waals surface area contributed by atoms with Gasteiger partial charge >= 0.3 is 13.8 Å². The number of piperazine rings is 1. The molecule has 16 heteroatoms. The molecule has 2 amide bonds. The van der Waals surface area contributed by atoms with Gasteiger partial charge in [-0.05, 0) is 29.8 Å². The number of carbonyl (C=O) groups excluding carboxylic acids is 2. The van der Waals surface area contributed by atoms with E-state index in [2.05, 4.69) is 25.5 Å². The van der Waals surface area contributed by atoms with Gasteiger partial charge in [-0.15, -0.1) is 0 Å². The predicted octanol–water partition coefficient (Wildman–Crippen LogP) is 3.91. The van der Waals surface area contributed by atoms with E-state index >= 15 is 0 Å². The highest BCUT2D eigenvalue weighted by molar-refractivity contribution is 7.50. The number of anilines is 5. The molecule has 0 radical (unpaired) electrons. The number of fused-ring (bicyclic) bond motifs is 1. The van der Waals surface area contributed by atoms with Gasteiger partial charge in [-0.3, -0.25) is 14.2 Å². The summed E-state index contributed by atoms with van der Waals surface area (Å²) in [5.74, 6) is -1.10. The lowest BCUT2D eigenvalue weighted by Gasteiger charge is -2.36. The number of hydrogen-bond acceptors (Lipinski definition) is 8. The predicted molar refractivity (Wildman–Crippen MR) is 152 cm³/mol. The Hall–Kier alpha value is -4.20. The second-order valence-corrected chi connectivity index (χ2v) is 12.0.